The van der Waals surface area contributed by atoms with E-state index in [2.05, 4.69) is 0 Å². The first kappa shape index (κ1) is 14.6. The fourth-order valence-electron chi connectivity index (χ4n) is 1.26. The summed E-state index contributed by atoms with van der Waals surface area (Å²) in [6, 6.07) is 4.99. The van der Waals surface area contributed by atoms with Crippen LogP contribution in [0, 0.1) is 0 Å². The van der Waals surface area contributed by atoms with Crippen molar-refractivity contribution < 1.29 is 28.2 Å². The number of sulfone groups is 1. The lowest BCUT2D eigenvalue weighted by molar-refractivity contribution is 0.0696. The molecule has 6 nitrogen and oxygen atoms in total. The molecule has 0 aliphatic rings. The van der Waals surface area contributed by atoms with Crippen LogP contribution in [0.2, 0.25) is 0 Å². The second kappa shape index (κ2) is 6.48. The van der Waals surface area contributed by atoms with E-state index in [4.69, 9.17) is 14.9 Å². The zero-order chi connectivity index (χ0) is 13.6. The molecule has 0 saturated heterocycles. The molecule has 1 rings (SSSR count). The summed E-state index contributed by atoms with van der Waals surface area (Å²) in [6.07, 6.45) is 0. The Labute approximate surface area is 105 Å². The van der Waals surface area contributed by atoms with Crippen LogP contribution in [0.3, 0.4) is 0 Å². The number of hydrogen-bond acceptors (Lipinski definition) is 5. The van der Waals surface area contributed by atoms with Crippen LogP contribution in [-0.2, 0) is 14.6 Å². The third-order valence-electron chi connectivity index (χ3n) is 2.19. The molecule has 100 valence electrons. The summed E-state index contributed by atoms with van der Waals surface area (Å²) in [5, 5.41) is 17.2. The summed E-state index contributed by atoms with van der Waals surface area (Å²) in [5.41, 5.74) is 0.0329. The predicted molar refractivity (Wildman–Crippen MR) is 63.4 cm³/mol. The van der Waals surface area contributed by atoms with Crippen molar-refractivity contribution in [2.75, 3.05) is 25.6 Å². The van der Waals surface area contributed by atoms with Gasteiger partial charge in [0.15, 0.2) is 9.84 Å². The van der Waals surface area contributed by atoms with Gasteiger partial charge < -0.3 is 14.9 Å². The predicted octanol–water partition coefficient (Wildman–Crippen LogP) is 0.167. The van der Waals surface area contributed by atoms with Crippen LogP contribution < -0.4 is 0 Å². The van der Waals surface area contributed by atoms with Gasteiger partial charge in [-0.05, 0) is 24.3 Å². The molecule has 0 amide bonds. The number of carboxylic acid groups (broad SMARTS) is 1. The summed E-state index contributed by atoms with van der Waals surface area (Å²) >= 11 is 0. The Morgan fingerprint density at radius 2 is 1.78 bits per heavy atom. The highest BCUT2D eigenvalue weighted by atomic mass is 32.2. The van der Waals surface area contributed by atoms with Crippen LogP contribution in [0.15, 0.2) is 29.2 Å². The number of aliphatic hydroxyl groups is 1. The number of ether oxygens (including phenoxy) is 1. The van der Waals surface area contributed by atoms with Crippen LogP contribution in [0.5, 0.6) is 0 Å². The number of benzene rings is 1. The minimum Gasteiger partial charge on any atom is -0.478 e. The van der Waals surface area contributed by atoms with Gasteiger partial charge in [-0.1, -0.05) is 0 Å². The van der Waals surface area contributed by atoms with Crippen molar-refractivity contribution >= 4 is 15.8 Å². The van der Waals surface area contributed by atoms with Gasteiger partial charge in [0.1, 0.15) is 0 Å². The molecule has 1 aromatic carbocycles. The van der Waals surface area contributed by atoms with Crippen molar-refractivity contribution in [3.63, 3.8) is 0 Å². The number of aliphatic hydroxyl groups excluding tert-OH is 1. The monoisotopic (exact) mass is 274 g/mol. The lowest BCUT2D eigenvalue weighted by Crippen LogP contribution is -2.14. The van der Waals surface area contributed by atoms with E-state index in [-0.39, 0.29) is 36.0 Å². The highest BCUT2D eigenvalue weighted by Crippen LogP contribution is 2.12. The second-order valence-electron chi connectivity index (χ2n) is 3.48. The van der Waals surface area contributed by atoms with Crippen molar-refractivity contribution in [2.45, 2.75) is 4.90 Å². The third kappa shape index (κ3) is 4.10. The maximum atomic E-state index is 11.8. The maximum Gasteiger partial charge on any atom is 0.335 e. The molecule has 0 aliphatic heterocycles. The molecule has 0 saturated carbocycles. The highest BCUT2D eigenvalue weighted by molar-refractivity contribution is 7.91. The van der Waals surface area contributed by atoms with Gasteiger partial charge in [0.2, 0.25) is 0 Å². The molecule has 0 aromatic heterocycles. The van der Waals surface area contributed by atoms with Gasteiger partial charge in [0, 0.05) is 0 Å². The Kier molecular flexibility index (Phi) is 5.26. The van der Waals surface area contributed by atoms with Gasteiger partial charge in [0.25, 0.3) is 0 Å². The smallest absolute Gasteiger partial charge is 0.335 e. The first-order valence-corrected chi connectivity index (χ1v) is 6.87. The average Bonchev–Trinajstić information content (AvgIpc) is 2.35. The van der Waals surface area contributed by atoms with E-state index in [1.54, 1.807) is 0 Å². The molecule has 18 heavy (non-hydrogen) atoms. The summed E-state index contributed by atoms with van der Waals surface area (Å²) < 4.78 is 28.5. The Hall–Kier alpha value is -1.44. The Morgan fingerprint density at radius 1 is 1.17 bits per heavy atom. The quantitative estimate of drug-likeness (QED) is 0.687. The van der Waals surface area contributed by atoms with E-state index in [1.165, 1.54) is 24.3 Å². The van der Waals surface area contributed by atoms with Gasteiger partial charge in [0.05, 0.1) is 36.0 Å². The zero-order valence-electron chi connectivity index (χ0n) is 9.57. The molecule has 0 aliphatic carbocycles. The van der Waals surface area contributed by atoms with E-state index >= 15 is 0 Å². The van der Waals surface area contributed by atoms with E-state index in [9.17, 15) is 13.2 Å². The maximum absolute atomic E-state index is 11.8. The van der Waals surface area contributed by atoms with Crippen molar-refractivity contribution in [1.29, 1.82) is 0 Å². The molecule has 0 spiro atoms. The molecule has 0 unspecified atom stereocenters. The summed E-state index contributed by atoms with van der Waals surface area (Å²) in [5.74, 6) is -1.32. The average molecular weight is 274 g/mol. The van der Waals surface area contributed by atoms with Gasteiger partial charge in [-0.3, -0.25) is 0 Å². The summed E-state index contributed by atoms with van der Waals surface area (Å²) in [7, 11) is -3.48. The first-order valence-electron chi connectivity index (χ1n) is 5.22. The molecular formula is C11H14O6S. The molecule has 0 atom stereocenters. The van der Waals surface area contributed by atoms with Crippen LogP contribution in [0.4, 0.5) is 0 Å². The van der Waals surface area contributed by atoms with Crippen LogP contribution in [0.1, 0.15) is 10.4 Å². The molecule has 0 fully saturated rings. The first-order chi connectivity index (χ1) is 8.47. The lowest BCUT2D eigenvalue weighted by Gasteiger charge is -2.05. The normalized spacial score (nSPS) is 11.4. The molecule has 7 heteroatoms. The molecule has 1 aromatic rings. The highest BCUT2D eigenvalue weighted by Gasteiger charge is 2.14. The number of hydrogen-bond donors (Lipinski definition) is 2. The molecular weight excluding hydrogens is 260 g/mol. The van der Waals surface area contributed by atoms with Crippen molar-refractivity contribution in [2.24, 2.45) is 0 Å². The van der Waals surface area contributed by atoms with Crippen molar-refractivity contribution in [3.8, 4) is 0 Å². The summed E-state index contributed by atoms with van der Waals surface area (Å²) in [6.45, 7) is -0.0790. The molecule has 2 N–H and O–H groups in total. The Balaban J connectivity index is 2.70. The largest absolute Gasteiger partial charge is 0.478 e. The molecule has 0 radical (unpaired) electrons. The SMILES string of the molecule is O=C(O)c1ccc(S(=O)(=O)CCOCCO)cc1. The van der Waals surface area contributed by atoms with E-state index in [0.717, 1.165) is 0 Å². The van der Waals surface area contributed by atoms with Gasteiger partial charge in [-0.15, -0.1) is 0 Å². The minimum atomic E-state index is -3.48. The van der Waals surface area contributed by atoms with Crippen LogP contribution >= 0.6 is 0 Å². The third-order valence-corrected chi connectivity index (χ3v) is 3.89. The van der Waals surface area contributed by atoms with Crippen molar-refractivity contribution in [3.05, 3.63) is 29.8 Å². The second-order valence-corrected chi connectivity index (χ2v) is 5.59. The van der Waals surface area contributed by atoms with E-state index < -0.39 is 15.8 Å². The van der Waals surface area contributed by atoms with Gasteiger partial charge in [-0.2, -0.15) is 0 Å². The number of carboxylic acids is 1. The number of rotatable bonds is 7. The zero-order valence-corrected chi connectivity index (χ0v) is 10.4. The minimum absolute atomic E-state index is 0.0103. The lowest BCUT2D eigenvalue weighted by atomic mass is 10.2. The number of aromatic carboxylic acids is 1. The number of carbonyl (C=O) groups is 1. The van der Waals surface area contributed by atoms with Gasteiger partial charge in [-0.25, -0.2) is 13.2 Å². The summed E-state index contributed by atoms with van der Waals surface area (Å²) in [4.78, 5) is 10.7. The van der Waals surface area contributed by atoms with E-state index in [0.29, 0.717) is 0 Å². The fourth-order valence-corrected chi connectivity index (χ4v) is 2.38. The standard InChI is InChI=1S/C11H14O6S/c12-5-6-17-7-8-18(15,16)10-3-1-9(2-4-10)11(13)14/h1-4,12H,5-8H2,(H,13,14). The molecule has 0 heterocycles. The Morgan fingerprint density at radius 3 is 2.28 bits per heavy atom. The fraction of sp³-hybridized carbons (Fsp3) is 0.364. The van der Waals surface area contributed by atoms with Gasteiger partial charge >= 0.3 is 5.97 Å². The Bertz CT molecular complexity index is 491. The van der Waals surface area contributed by atoms with E-state index in [1.807, 2.05) is 0 Å². The van der Waals surface area contributed by atoms with Crippen LogP contribution in [0.25, 0.3) is 0 Å². The van der Waals surface area contributed by atoms with Crippen molar-refractivity contribution in [1.82, 2.24) is 0 Å². The topological polar surface area (TPSA) is 101 Å². The molecule has 0 bridgehead atoms. The van der Waals surface area contributed by atoms with Crippen LogP contribution in [-0.4, -0.2) is 50.2 Å².